The van der Waals surface area contributed by atoms with Crippen LogP contribution in [0.15, 0.2) is 24.7 Å². The van der Waals surface area contributed by atoms with E-state index in [2.05, 4.69) is 20.1 Å². The number of anilines is 1. The van der Waals surface area contributed by atoms with Gasteiger partial charge in [-0.1, -0.05) is 0 Å². The first-order valence-electron chi connectivity index (χ1n) is 5.72. The number of ether oxygens (including phenoxy) is 1. The number of methoxy groups -OCH3 is 1. The molecule has 0 aromatic carbocycles. The molecule has 1 amide bonds. The predicted octanol–water partition coefficient (Wildman–Crippen LogP) is 0.982. The van der Waals surface area contributed by atoms with Crippen molar-refractivity contribution in [1.29, 1.82) is 0 Å². The number of hydrogen-bond donors (Lipinski definition) is 1. The highest BCUT2D eigenvalue weighted by Gasteiger charge is 2.16. The molecule has 0 aliphatic carbocycles. The Balaban J connectivity index is 2.09. The number of halogens is 2. The van der Waals surface area contributed by atoms with Crippen LogP contribution in [0.25, 0.3) is 0 Å². The second kappa shape index (κ2) is 6.07. The van der Waals surface area contributed by atoms with Crippen molar-refractivity contribution in [1.82, 2.24) is 14.8 Å². The van der Waals surface area contributed by atoms with Gasteiger partial charge in [-0.05, 0) is 6.07 Å². The molecule has 0 saturated carbocycles. The van der Waals surface area contributed by atoms with Crippen molar-refractivity contribution in [3.8, 4) is 0 Å². The molecule has 2 aromatic rings. The Morgan fingerprint density at radius 1 is 1.43 bits per heavy atom. The zero-order valence-corrected chi connectivity index (χ0v) is 10.8. The highest BCUT2D eigenvalue weighted by molar-refractivity contribution is 6.04. The standard InChI is InChI=1S/C12H10F2N4O3/c1-21-9(19)6-18-5-7(4-16-18)17-12(20)8-2-3-15-11(14)10(8)13/h2-5H,6H2,1H3,(H,17,20). The van der Waals surface area contributed by atoms with Gasteiger partial charge in [0.05, 0.1) is 24.6 Å². The van der Waals surface area contributed by atoms with Crippen LogP contribution in [0, 0.1) is 11.8 Å². The Hall–Kier alpha value is -2.84. The molecule has 9 heteroatoms. The Bertz CT molecular complexity index is 687. The Labute approximate surface area is 117 Å². The van der Waals surface area contributed by atoms with Crippen molar-refractivity contribution >= 4 is 17.6 Å². The topological polar surface area (TPSA) is 86.1 Å². The van der Waals surface area contributed by atoms with E-state index >= 15 is 0 Å². The Kier molecular flexibility index (Phi) is 4.21. The van der Waals surface area contributed by atoms with Crippen molar-refractivity contribution < 1.29 is 23.1 Å². The van der Waals surface area contributed by atoms with E-state index in [1.165, 1.54) is 24.2 Å². The first-order valence-corrected chi connectivity index (χ1v) is 5.72. The van der Waals surface area contributed by atoms with E-state index in [0.29, 0.717) is 0 Å². The molecule has 21 heavy (non-hydrogen) atoms. The molecule has 0 atom stereocenters. The van der Waals surface area contributed by atoms with E-state index in [1.54, 1.807) is 0 Å². The van der Waals surface area contributed by atoms with E-state index in [0.717, 1.165) is 12.3 Å². The summed E-state index contributed by atoms with van der Waals surface area (Å²) in [5.41, 5.74) is -0.260. The molecule has 0 spiro atoms. The summed E-state index contributed by atoms with van der Waals surface area (Å²) in [6, 6.07) is 1.05. The number of nitrogens with one attached hydrogen (secondary N) is 1. The van der Waals surface area contributed by atoms with Crippen molar-refractivity contribution in [3.05, 3.63) is 42.0 Å². The molecule has 0 bridgehead atoms. The fourth-order valence-corrected chi connectivity index (χ4v) is 1.50. The Morgan fingerprint density at radius 3 is 2.90 bits per heavy atom. The second-order valence-electron chi connectivity index (χ2n) is 3.92. The van der Waals surface area contributed by atoms with Gasteiger partial charge >= 0.3 is 5.97 Å². The lowest BCUT2D eigenvalue weighted by Crippen LogP contribution is -2.15. The van der Waals surface area contributed by atoms with Crippen LogP contribution in [0.4, 0.5) is 14.5 Å². The third-order valence-electron chi connectivity index (χ3n) is 2.50. The molecule has 0 radical (unpaired) electrons. The van der Waals surface area contributed by atoms with E-state index in [9.17, 15) is 18.4 Å². The van der Waals surface area contributed by atoms with E-state index in [1.807, 2.05) is 0 Å². The van der Waals surface area contributed by atoms with Crippen LogP contribution in [-0.4, -0.2) is 33.8 Å². The smallest absolute Gasteiger partial charge is 0.327 e. The molecule has 2 aromatic heterocycles. The second-order valence-corrected chi connectivity index (χ2v) is 3.92. The number of esters is 1. The lowest BCUT2D eigenvalue weighted by molar-refractivity contribution is -0.141. The van der Waals surface area contributed by atoms with Crippen LogP contribution in [0.1, 0.15) is 10.4 Å². The Morgan fingerprint density at radius 2 is 2.19 bits per heavy atom. The van der Waals surface area contributed by atoms with Crippen LogP contribution in [0.2, 0.25) is 0 Å². The van der Waals surface area contributed by atoms with Gasteiger partial charge in [0.25, 0.3) is 5.91 Å². The number of hydrogen-bond acceptors (Lipinski definition) is 5. The number of amides is 1. The molecular weight excluding hydrogens is 286 g/mol. The van der Waals surface area contributed by atoms with Crippen LogP contribution >= 0.6 is 0 Å². The lowest BCUT2D eigenvalue weighted by Gasteiger charge is -2.03. The normalized spacial score (nSPS) is 10.2. The highest BCUT2D eigenvalue weighted by atomic mass is 19.2. The highest BCUT2D eigenvalue weighted by Crippen LogP contribution is 2.12. The predicted molar refractivity (Wildman–Crippen MR) is 66.3 cm³/mol. The van der Waals surface area contributed by atoms with E-state index in [4.69, 9.17) is 0 Å². The SMILES string of the molecule is COC(=O)Cn1cc(NC(=O)c2ccnc(F)c2F)cn1. The minimum atomic E-state index is -1.36. The molecule has 0 aliphatic rings. The van der Waals surface area contributed by atoms with Crippen LogP contribution in [-0.2, 0) is 16.1 Å². The van der Waals surface area contributed by atoms with Crippen LogP contribution in [0.5, 0.6) is 0 Å². The van der Waals surface area contributed by atoms with Gasteiger partial charge in [-0.3, -0.25) is 14.3 Å². The number of rotatable bonds is 4. The maximum atomic E-state index is 13.4. The van der Waals surface area contributed by atoms with E-state index < -0.39 is 29.2 Å². The van der Waals surface area contributed by atoms with Gasteiger partial charge in [0.2, 0.25) is 5.95 Å². The molecule has 0 unspecified atom stereocenters. The lowest BCUT2D eigenvalue weighted by atomic mass is 10.2. The fourth-order valence-electron chi connectivity index (χ4n) is 1.50. The fraction of sp³-hybridized carbons (Fsp3) is 0.167. The van der Waals surface area contributed by atoms with Gasteiger partial charge in [0.15, 0.2) is 5.82 Å². The first-order chi connectivity index (χ1) is 10.0. The molecule has 110 valence electrons. The maximum Gasteiger partial charge on any atom is 0.327 e. The molecule has 2 heterocycles. The number of pyridine rings is 1. The summed E-state index contributed by atoms with van der Waals surface area (Å²) in [5.74, 6) is -4.06. The summed E-state index contributed by atoms with van der Waals surface area (Å²) in [6.45, 7) is -0.134. The maximum absolute atomic E-state index is 13.4. The monoisotopic (exact) mass is 296 g/mol. The summed E-state index contributed by atoms with van der Waals surface area (Å²) >= 11 is 0. The van der Waals surface area contributed by atoms with Gasteiger partial charge in [-0.15, -0.1) is 0 Å². The molecule has 0 saturated heterocycles. The summed E-state index contributed by atoms with van der Waals surface area (Å²) in [6.07, 6.45) is 3.59. The number of carbonyl (C=O) groups excluding carboxylic acids is 2. The van der Waals surface area contributed by atoms with E-state index in [-0.39, 0.29) is 12.2 Å². The van der Waals surface area contributed by atoms with Gasteiger partial charge in [-0.2, -0.15) is 9.49 Å². The quantitative estimate of drug-likeness (QED) is 0.671. The van der Waals surface area contributed by atoms with Gasteiger partial charge in [-0.25, -0.2) is 9.37 Å². The van der Waals surface area contributed by atoms with Gasteiger partial charge in [0.1, 0.15) is 6.54 Å². The van der Waals surface area contributed by atoms with Crippen LogP contribution in [0.3, 0.4) is 0 Å². The first kappa shape index (κ1) is 14.6. The zero-order valence-electron chi connectivity index (χ0n) is 10.8. The number of nitrogens with zero attached hydrogens (tertiary/aromatic N) is 3. The summed E-state index contributed by atoms with van der Waals surface area (Å²) in [4.78, 5) is 25.9. The van der Waals surface area contributed by atoms with Gasteiger partial charge in [0, 0.05) is 12.4 Å². The van der Waals surface area contributed by atoms with Crippen molar-refractivity contribution in [2.24, 2.45) is 0 Å². The molecule has 7 nitrogen and oxygen atoms in total. The molecule has 2 rings (SSSR count). The molecular formula is C12H10F2N4O3. The minimum Gasteiger partial charge on any atom is -0.468 e. The number of aromatic nitrogens is 3. The molecule has 0 aliphatic heterocycles. The molecule has 0 fully saturated rings. The third-order valence-corrected chi connectivity index (χ3v) is 2.50. The van der Waals surface area contributed by atoms with Crippen molar-refractivity contribution in [3.63, 3.8) is 0 Å². The summed E-state index contributed by atoms with van der Waals surface area (Å²) in [7, 11) is 1.23. The third kappa shape index (κ3) is 3.38. The largest absolute Gasteiger partial charge is 0.468 e. The summed E-state index contributed by atoms with van der Waals surface area (Å²) < 4.78 is 32.0. The van der Waals surface area contributed by atoms with Gasteiger partial charge < -0.3 is 10.1 Å². The average Bonchev–Trinajstić information content (AvgIpc) is 2.88. The summed E-state index contributed by atoms with van der Waals surface area (Å²) in [5, 5.41) is 6.14. The minimum absolute atomic E-state index is 0.134. The van der Waals surface area contributed by atoms with Crippen molar-refractivity contribution in [2.75, 3.05) is 12.4 Å². The average molecular weight is 296 g/mol. The van der Waals surface area contributed by atoms with Crippen LogP contribution < -0.4 is 5.32 Å². The molecule has 1 N–H and O–H groups in total. The zero-order chi connectivity index (χ0) is 15.4. The van der Waals surface area contributed by atoms with Crippen molar-refractivity contribution in [2.45, 2.75) is 6.54 Å². The number of carbonyl (C=O) groups is 2.